The lowest BCUT2D eigenvalue weighted by molar-refractivity contribution is 0.435. The molecule has 0 spiro atoms. The molecule has 20 heavy (non-hydrogen) atoms. The minimum atomic E-state index is -0.00889. The second kappa shape index (κ2) is 5.72. The second-order valence-electron chi connectivity index (χ2n) is 7.08. The Labute approximate surface area is 122 Å². The van der Waals surface area contributed by atoms with Gasteiger partial charge in [-0.15, -0.1) is 0 Å². The van der Waals surface area contributed by atoms with Crippen molar-refractivity contribution in [3.8, 4) is 0 Å². The highest BCUT2D eigenvalue weighted by molar-refractivity contribution is 5.22. The summed E-state index contributed by atoms with van der Waals surface area (Å²) >= 11 is 0. The Kier molecular flexibility index (Phi) is 4.38. The Morgan fingerprint density at radius 2 is 2.00 bits per heavy atom. The zero-order valence-corrected chi connectivity index (χ0v) is 13.5. The Morgan fingerprint density at radius 3 is 2.50 bits per heavy atom. The molecule has 1 fully saturated rings. The van der Waals surface area contributed by atoms with Crippen LogP contribution in [0.25, 0.3) is 0 Å². The van der Waals surface area contributed by atoms with E-state index in [2.05, 4.69) is 46.0 Å². The molecule has 3 nitrogen and oxygen atoms in total. The van der Waals surface area contributed by atoms with Crippen LogP contribution in [0.4, 0.5) is 0 Å². The van der Waals surface area contributed by atoms with E-state index < -0.39 is 0 Å². The van der Waals surface area contributed by atoms with E-state index in [-0.39, 0.29) is 17.0 Å². The third kappa shape index (κ3) is 3.32. The van der Waals surface area contributed by atoms with Gasteiger partial charge in [-0.05, 0) is 32.3 Å². The average Bonchev–Trinajstić information content (AvgIpc) is 3.19. The first-order valence-electron chi connectivity index (χ1n) is 7.83. The summed E-state index contributed by atoms with van der Waals surface area (Å²) in [6.07, 6.45) is 3.47. The number of pyridine rings is 1. The van der Waals surface area contributed by atoms with Gasteiger partial charge in [-0.2, -0.15) is 0 Å². The van der Waals surface area contributed by atoms with Gasteiger partial charge in [0, 0.05) is 35.3 Å². The van der Waals surface area contributed by atoms with E-state index >= 15 is 0 Å². The molecule has 1 N–H and O–H groups in total. The minimum Gasteiger partial charge on any atom is -0.310 e. The predicted octanol–water partition coefficient (Wildman–Crippen LogP) is 3.37. The first-order chi connectivity index (χ1) is 9.34. The van der Waals surface area contributed by atoms with Crippen LogP contribution in [0, 0.1) is 0 Å². The molecule has 1 saturated carbocycles. The van der Waals surface area contributed by atoms with Crippen molar-refractivity contribution >= 4 is 0 Å². The topological polar surface area (TPSA) is 34.0 Å². The van der Waals surface area contributed by atoms with Crippen molar-refractivity contribution in [3.05, 3.63) is 33.7 Å². The Bertz CT molecular complexity index is 521. The maximum Gasteiger partial charge on any atom is 0.255 e. The number of hydrogen-bond donors (Lipinski definition) is 1. The van der Waals surface area contributed by atoms with Gasteiger partial charge in [0.15, 0.2) is 0 Å². The van der Waals surface area contributed by atoms with Crippen molar-refractivity contribution in [2.75, 3.05) is 0 Å². The number of rotatable bonds is 5. The lowest BCUT2D eigenvalue weighted by Crippen LogP contribution is -2.35. The highest BCUT2D eigenvalue weighted by atomic mass is 16.1. The second-order valence-corrected chi connectivity index (χ2v) is 7.08. The SMILES string of the molecule is CCC(C)n1c(C(C)(C)C)ccc(CNC2CC2)c1=O. The van der Waals surface area contributed by atoms with E-state index in [1.54, 1.807) is 0 Å². The quantitative estimate of drug-likeness (QED) is 0.894. The molecule has 1 heterocycles. The van der Waals surface area contributed by atoms with Crippen molar-refractivity contribution in [2.24, 2.45) is 0 Å². The van der Waals surface area contributed by atoms with Crippen LogP contribution >= 0.6 is 0 Å². The zero-order chi connectivity index (χ0) is 14.9. The van der Waals surface area contributed by atoms with Crippen LogP contribution in [0.15, 0.2) is 16.9 Å². The van der Waals surface area contributed by atoms with Gasteiger partial charge in [-0.3, -0.25) is 4.79 Å². The molecule has 0 radical (unpaired) electrons. The monoisotopic (exact) mass is 276 g/mol. The summed E-state index contributed by atoms with van der Waals surface area (Å²) in [5.41, 5.74) is 2.20. The van der Waals surface area contributed by atoms with Crippen LogP contribution in [-0.2, 0) is 12.0 Å². The summed E-state index contributed by atoms with van der Waals surface area (Å²) in [7, 11) is 0. The summed E-state index contributed by atoms with van der Waals surface area (Å²) in [6, 6.07) is 5.03. The molecule has 0 amide bonds. The Hall–Kier alpha value is -1.09. The fourth-order valence-corrected chi connectivity index (χ4v) is 2.50. The molecule has 1 atom stereocenters. The van der Waals surface area contributed by atoms with E-state index in [1.807, 2.05) is 10.6 Å². The van der Waals surface area contributed by atoms with Gasteiger partial charge in [-0.25, -0.2) is 0 Å². The van der Waals surface area contributed by atoms with Crippen LogP contribution in [0.2, 0.25) is 0 Å². The standard InChI is InChI=1S/C17H28N2O/c1-6-12(2)19-15(17(3,4)5)10-7-13(16(19)20)11-18-14-8-9-14/h7,10,12,14,18H,6,8-9,11H2,1-5H3. The maximum atomic E-state index is 12.8. The fraction of sp³-hybridized carbons (Fsp3) is 0.706. The van der Waals surface area contributed by atoms with Crippen molar-refractivity contribution in [2.45, 2.75) is 77.9 Å². The smallest absolute Gasteiger partial charge is 0.255 e. The first-order valence-corrected chi connectivity index (χ1v) is 7.83. The maximum absolute atomic E-state index is 12.8. The van der Waals surface area contributed by atoms with Crippen LogP contribution in [0.1, 0.15) is 71.2 Å². The van der Waals surface area contributed by atoms with Crippen LogP contribution < -0.4 is 10.9 Å². The Balaban J connectivity index is 2.39. The van der Waals surface area contributed by atoms with Crippen molar-refractivity contribution < 1.29 is 0 Å². The molecule has 1 aromatic rings. The molecule has 0 aromatic carbocycles. The third-order valence-electron chi connectivity index (χ3n) is 4.15. The largest absolute Gasteiger partial charge is 0.310 e. The van der Waals surface area contributed by atoms with Crippen molar-refractivity contribution in [1.29, 1.82) is 0 Å². The van der Waals surface area contributed by atoms with E-state index in [0.717, 1.165) is 17.7 Å². The van der Waals surface area contributed by atoms with Gasteiger partial charge in [0.25, 0.3) is 5.56 Å². The van der Waals surface area contributed by atoms with Crippen molar-refractivity contribution in [1.82, 2.24) is 9.88 Å². The fourth-order valence-electron chi connectivity index (χ4n) is 2.50. The number of aromatic nitrogens is 1. The zero-order valence-electron chi connectivity index (χ0n) is 13.5. The summed E-state index contributed by atoms with van der Waals surface area (Å²) < 4.78 is 2.00. The van der Waals surface area contributed by atoms with Crippen LogP contribution in [-0.4, -0.2) is 10.6 Å². The summed E-state index contributed by atoms with van der Waals surface area (Å²) in [5.74, 6) is 0. The molecule has 2 rings (SSSR count). The summed E-state index contributed by atoms with van der Waals surface area (Å²) in [6.45, 7) is 11.5. The first kappa shape index (κ1) is 15.3. The molecule has 1 aromatic heterocycles. The third-order valence-corrected chi connectivity index (χ3v) is 4.15. The van der Waals surface area contributed by atoms with E-state index in [9.17, 15) is 4.79 Å². The van der Waals surface area contributed by atoms with Gasteiger partial charge in [0.1, 0.15) is 0 Å². The van der Waals surface area contributed by atoms with Crippen LogP contribution in [0.5, 0.6) is 0 Å². The minimum absolute atomic E-state index is 0.00889. The van der Waals surface area contributed by atoms with E-state index in [1.165, 1.54) is 12.8 Å². The number of nitrogens with zero attached hydrogens (tertiary/aromatic N) is 1. The molecule has 0 saturated heterocycles. The lowest BCUT2D eigenvalue weighted by Gasteiger charge is -2.28. The molecule has 0 aliphatic heterocycles. The Morgan fingerprint density at radius 1 is 1.35 bits per heavy atom. The molecular formula is C17H28N2O. The van der Waals surface area contributed by atoms with Gasteiger partial charge in [0.05, 0.1) is 0 Å². The number of nitrogens with one attached hydrogen (secondary N) is 1. The molecule has 3 heteroatoms. The molecular weight excluding hydrogens is 248 g/mol. The van der Waals surface area contributed by atoms with Gasteiger partial charge < -0.3 is 9.88 Å². The molecule has 1 unspecified atom stereocenters. The predicted molar refractivity (Wildman–Crippen MR) is 84.3 cm³/mol. The summed E-state index contributed by atoms with van der Waals surface area (Å²) in [4.78, 5) is 12.8. The van der Waals surface area contributed by atoms with Gasteiger partial charge in [-0.1, -0.05) is 33.8 Å². The average molecular weight is 276 g/mol. The highest BCUT2D eigenvalue weighted by Crippen LogP contribution is 2.25. The lowest BCUT2D eigenvalue weighted by atomic mass is 9.90. The molecule has 112 valence electrons. The summed E-state index contributed by atoms with van der Waals surface area (Å²) in [5, 5.41) is 3.44. The van der Waals surface area contributed by atoms with Crippen molar-refractivity contribution in [3.63, 3.8) is 0 Å². The van der Waals surface area contributed by atoms with Gasteiger partial charge >= 0.3 is 0 Å². The van der Waals surface area contributed by atoms with E-state index in [0.29, 0.717) is 12.6 Å². The molecule has 1 aliphatic rings. The molecule has 1 aliphatic carbocycles. The highest BCUT2D eigenvalue weighted by Gasteiger charge is 2.24. The molecule has 0 bridgehead atoms. The van der Waals surface area contributed by atoms with Gasteiger partial charge in [0.2, 0.25) is 0 Å². The number of hydrogen-bond acceptors (Lipinski definition) is 2. The van der Waals surface area contributed by atoms with Crippen LogP contribution in [0.3, 0.4) is 0 Å². The van der Waals surface area contributed by atoms with E-state index in [4.69, 9.17) is 0 Å². The normalized spacial score (nSPS) is 17.2.